The van der Waals surface area contributed by atoms with Gasteiger partial charge in [0, 0.05) is 13.6 Å². The molecule has 0 saturated heterocycles. The largest absolute Gasteiger partial charge is 0.337 e. The van der Waals surface area contributed by atoms with Crippen molar-refractivity contribution in [3.8, 4) is 0 Å². The average Bonchev–Trinajstić information content (AvgIpc) is 2.52. The minimum absolute atomic E-state index is 0.0831. The van der Waals surface area contributed by atoms with Gasteiger partial charge in [-0.05, 0) is 36.1 Å². The molecule has 0 fully saturated rings. The van der Waals surface area contributed by atoms with E-state index in [0.29, 0.717) is 13.0 Å². The Morgan fingerprint density at radius 1 is 1.09 bits per heavy atom. The maximum atomic E-state index is 12.6. The first-order valence-corrected chi connectivity index (χ1v) is 7.59. The molecule has 1 atom stereocenters. The predicted molar refractivity (Wildman–Crippen MR) is 90.6 cm³/mol. The van der Waals surface area contributed by atoms with Crippen LogP contribution in [0.25, 0.3) is 0 Å². The van der Waals surface area contributed by atoms with Gasteiger partial charge >= 0.3 is 0 Å². The van der Waals surface area contributed by atoms with Crippen molar-refractivity contribution in [1.82, 2.24) is 4.90 Å². The molecule has 3 heteroatoms. The third-order valence-electron chi connectivity index (χ3n) is 4.20. The zero-order valence-electron chi connectivity index (χ0n) is 13.5. The van der Waals surface area contributed by atoms with Gasteiger partial charge in [0.15, 0.2) is 0 Å². The number of nitrogens with zero attached hydrogens (tertiary/aromatic N) is 1. The highest BCUT2D eigenvalue weighted by atomic mass is 16.2. The van der Waals surface area contributed by atoms with Crippen LogP contribution in [0.4, 0.5) is 0 Å². The van der Waals surface area contributed by atoms with Crippen LogP contribution in [0.3, 0.4) is 0 Å². The van der Waals surface area contributed by atoms with E-state index in [1.165, 1.54) is 11.1 Å². The summed E-state index contributed by atoms with van der Waals surface area (Å²) in [6.07, 6.45) is 0.404. The van der Waals surface area contributed by atoms with E-state index in [1.54, 1.807) is 4.90 Å². The van der Waals surface area contributed by atoms with Crippen molar-refractivity contribution in [3.05, 3.63) is 70.8 Å². The first-order valence-electron chi connectivity index (χ1n) is 7.59. The van der Waals surface area contributed by atoms with Gasteiger partial charge in [0.05, 0.1) is 12.5 Å². The molecule has 22 heavy (non-hydrogen) atoms. The third kappa shape index (κ3) is 3.74. The lowest BCUT2D eigenvalue weighted by Crippen LogP contribution is -2.36. The second kappa shape index (κ2) is 7.23. The fourth-order valence-corrected chi connectivity index (χ4v) is 2.58. The van der Waals surface area contributed by atoms with Gasteiger partial charge in [0.25, 0.3) is 0 Å². The van der Waals surface area contributed by atoms with E-state index in [-0.39, 0.29) is 11.9 Å². The number of hydrogen-bond donors (Lipinski definition) is 1. The second-order valence-corrected chi connectivity index (χ2v) is 5.76. The van der Waals surface area contributed by atoms with Crippen LogP contribution in [0.1, 0.15) is 28.3 Å². The molecule has 0 saturated carbocycles. The fraction of sp³-hybridized carbons (Fsp3) is 0.316. The maximum Gasteiger partial charge on any atom is 0.227 e. The van der Waals surface area contributed by atoms with Gasteiger partial charge in [0.1, 0.15) is 0 Å². The Morgan fingerprint density at radius 2 is 1.77 bits per heavy atom. The van der Waals surface area contributed by atoms with Crippen LogP contribution in [-0.2, 0) is 11.2 Å². The number of amides is 1. The lowest BCUT2D eigenvalue weighted by atomic mass is 10.0. The number of likely N-dealkylation sites (N-methyl/N-ethyl adjacent to an activating group) is 1. The Hall–Kier alpha value is -2.13. The van der Waals surface area contributed by atoms with E-state index in [4.69, 9.17) is 5.73 Å². The first-order chi connectivity index (χ1) is 10.5. The lowest BCUT2D eigenvalue weighted by molar-refractivity contribution is -0.131. The molecule has 0 heterocycles. The molecule has 1 unspecified atom stereocenters. The number of nitrogens with two attached hydrogens (primary N) is 1. The van der Waals surface area contributed by atoms with Gasteiger partial charge < -0.3 is 10.6 Å². The van der Waals surface area contributed by atoms with Crippen molar-refractivity contribution in [3.63, 3.8) is 0 Å². The average molecular weight is 296 g/mol. The molecule has 116 valence electrons. The van der Waals surface area contributed by atoms with Crippen LogP contribution in [-0.4, -0.2) is 24.4 Å². The monoisotopic (exact) mass is 296 g/mol. The summed E-state index contributed by atoms with van der Waals surface area (Å²) in [6.45, 7) is 4.56. The van der Waals surface area contributed by atoms with Gasteiger partial charge in [-0.25, -0.2) is 0 Å². The quantitative estimate of drug-likeness (QED) is 0.922. The normalized spacial score (nSPS) is 12.0. The highest BCUT2D eigenvalue weighted by Crippen LogP contribution is 2.19. The summed E-state index contributed by atoms with van der Waals surface area (Å²) in [6, 6.07) is 16.0. The molecular formula is C19H24N2O. The van der Waals surface area contributed by atoms with Crippen molar-refractivity contribution in [2.24, 2.45) is 5.73 Å². The van der Waals surface area contributed by atoms with E-state index >= 15 is 0 Å². The van der Waals surface area contributed by atoms with E-state index in [2.05, 4.69) is 26.0 Å². The maximum absolute atomic E-state index is 12.6. The number of hydrogen-bond acceptors (Lipinski definition) is 2. The van der Waals surface area contributed by atoms with Gasteiger partial charge in [-0.2, -0.15) is 0 Å². The standard InChI is InChI=1S/C19H24N2O/c1-14-9-10-16(11-15(14)2)12-19(22)21(3)18(13-20)17-7-5-4-6-8-17/h4-11,18H,12-13,20H2,1-3H3. The summed E-state index contributed by atoms with van der Waals surface area (Å²) in [5, 5.41) is 0. The molecule has 0 aliphatic heterocycles. The molecule has 0 aliphatic rings. The van der Waals surface area contributed by atoms with Crippen LogP contribution in [0.2, 0.25) is 0 Å². The highest BCUT2D eigenvalue weighted by molar-refractivity contribution is 5.79. The number of benzene rings is 2. The van der Waals surface area contributed by atoms with E-state index < -0.39 is 0 Å². The van der Waals surface area contributed by atoms with Crippen LogP contribution < -0.4 is 5.73 Å². The Morgan fingerprint density at radius 3 is 2.36 bits per heavy atom. The van der Waals surface area contributed by atoms with Gasteiger partial charge in [-0.1, -0.05) is 48.5 Å². The Kier molecular flexibility index (Phi) is 5.34. The SMILES string of the molecule is Cc1ccc(CC(=O)N(C)C(CN)c2ccccc2)cc1C. The Bertz CT molecular complexity index is 637. The molecule has 2 N–H and O–H groups in total. The summed E-state index contributed by atoms with van der Waals surface area (Å²) in [7, 11) is 1.83. The van der Waals surface area contributed by atoms with Crippen LogP contribution in [0, 0.1) is 13.8 Å². The Labute approximate surface area is 132 Å². The Balaban J connectivity index is 2.12. The molecule has 2 aromatic rings. The van der Waals surface area contributed by atoms with Crippen LogP contribution >= 0.6 is 0 Å². The van der Waals surface area contributed by atoms with Crippen molar-refractivity contribution >= 4 is 5.91 Å². The summed E-state index contributed by atoms with van der Waals surface area (Å²) < 4.78 is 0. The highest BCUT2D eigenvalue weighted by Gasteiger charge is 2.20. The lowest BCUT2D eigenvalue weighted by Gasteiger charge is -2.27. The van der Waals surface area contributed by atoms with Gasteiger partial charge in [-0.3, -0.25) is 4.79 Å². The number of carbonyl (C=O) groups is 1. The molecule has 0 aliphatic carbocycles. The van der Waals surface area contributed by atoms with Crippen molar-refractivity contribution in [2.45, 2.75) is 26.3 Å². The smallest absolute Gasteiger partial charge is 0.227 e. The number of carbonyl (C=O) groups excluding carboxylic acids is 1. The summed E-state index contributed by atoms with van der Waals surface area (Å²) in [5.74, 6) is 0.0857. The topological polar surface area (TPSA) is 46.3 Å². The molecule has 0 radical (unpaired) electrons. The van der Waals surface area contributed by atoms with E-state index in [9.17, 15) is 4.79 Å². The molecule has 2 aromatic carbocycles. The van der Waals surface area contributed by atoms with Gasteiger partial charge in [-0.15, -0.1) is 0 Å². The molecular weight excluding hydrogens is 272 g/mol. The number of rotatable bonds is 5. The zero-order valence-corrected chi connectivity index (χ0v) is 13.5. The van der Waals surface area contributed by atoms with E-state index in [0.717, 1.165) is 11.1 Å². The van der Waals surface area contributed by atoms with Crippen molar-refractivity contribution in [2.75, 3.05) is 13.6 Å². The summed E-state index contributed by atoms with van der Waals surface area (Å²) >= 11 is 0. The molecule has 1 amide bonds. The molecule has 0 bridgehead atoms. The zero-order chi connectivity index (χ0) is 16.1. The first kappa shape index (κ1) is 16.2. The van der Waals surface area contributed by atoms with Crippen LogP contribution in [0.5, 0.6) is 0 Å². The number of aryl methyl sites for hydroxylation is 2. The molecule has 0 aromatic heterocycles. The molecule has 3 nitrogen and oxygen atoms in total. The van der Waals surface area contributed by atoms with Crippen molar-refractivity contribution < 1.29 is 4.79 Å². The minimum atomic E-state index is -0.0831. The fourth-order valence-electron chi connectivity index (χ4n) is 2.58. The van der Waals surface area contributed by atoms with E-state index in [1.807, 2.05) is 43.4 Å². The minimum Gasteiger partial charge on any atom is -0.337 e. The molecule has 0 spiro atoms. The summed E-state index contributed by atoms with van der Waals surface area (Å²) in [4.78, 5) is 14.3. The van der Waals surface area contributed by atoms with Gasteiger partial charge in [0.2, 0.25) is 5.91 Å². The molecule has 2 rings (SSSR count). The summed E-state index contributed by atoms with van der Waals surface area (Å²) in [5.41, 5.74) is 10.5. The van der Waals surface area contributed by atoms with Crippen LogP contribution in [0.15, 0.2) is 48.5 Å². The second-order valence-electron chi connectivity index (χ2n) is 5.76. The third-order valence-corrected chi connectivity index (χ3v) is 4.20. The van der Waals surface area contributed by atoms with Crippen molar-refractivity contribution in [1.29, 1.82) is 0 Å². The predicted octanol–water partition coefficient (Wildman–Crippen LogP) is 3.00.